The highest BCUT2D eigenvalue weighted by atomic mass is 16.5. The van der Waals surface area contributed by atoms with Crippen LogP contribution in [0.15, 0.2) is 48.1 Å². The SMILES string of the molecule is CCC(O)C(C)/C=C/CC(C)/C=C/C=C(\C)C1OC(=O)CC(O)CCC(C)C(OC(C)=O)/C=C/C1C. The molecule has 0 saturated heterocycles. The Morgan fingerprint density at radius 2 is 1.89 bits per heavy atom. The van der Waals surface area contributed by atoms with Crippen molar-refractivity contribution in [2.24, 2.45) is 23.7 Å². The lowest BCUT2D eigenvalue weighted by atomic mass is 9.92. The number of hydrogen-bond donors (Lipinski definition) is 2. The Hall–Kier alpha value is -2.18. The van der Waals surface area contributed by atoms with E-state index in [1.807, 2.05) is 58.9 Å². The molecule has 1 heterocycles. The van der Waals surface area contributed by atoms with Crippen molar-refractivity contribution in [2.45, 2.75) is 105 Å². The van der Waals surface area contributed by atoms with Gasteiger partial charge in [-0.15, -0.1) is 0 Å². The van der Waals surface area contributed by atoms with E-state index in [2.05, 4.69) is 25.2 Å². The van der Waals surface area contributed by atoms with Crippen LogP contribution in [0.2, 0.25) is 0 Å². The summed E-state index contributed by atoms with van der Waals surface area (Å²) in [6.07, 6.45) is 14.7. The summed E-state index contributed by atoms with van der Waals surface area (Å²) in [5, 5.41) is 20.2. The van der Waals surface area contributed by atoms with Crippen LogP contribution >= 0.6 is 0 Å². The normalized spacial score (nSPS) is 30.2. The molecule has 0 radical (unpaired) electrons. The summed E-state index contributed by atoms with van der Waals surface area (Å²) in [6.45, 7) is 13.4. The largest absolute Gasteiger partial charge is 0.458 e. The van der Waals surface area contributed by atoms with Crippen molar-refractivity contribution in [3.05, 3.63) is 48.1 Å². The summed E-state index contributed by atoms with van der Waals surface area (Å²) in [5.41, 5.74) is 0.891. The summed E-state index contributed by atoms with van der Waals surface area (Å²) in [6, 6.07) is 0. The number of ether oxygens (including phenoxy) is 2. The Bertz CT molecular complexity index is 795. The minimum absolute atomic E-state index is 0.0178. The van der Waals surface area contributed by atoms with Crippen LogP contribution in [0.5, 0.6) is 0 Å². The average Bonchev–Trinajstić information content (AvgIpc) is 2.81. The number of aliphatic hydroxyl groups is 2. The molecule has 1 aliphatic rings. The van der Waals surface area contributed by atoms with Gasteiger partial charge in [-0.05, 0) is 62.0 Å². The van der Waals surface area contributed by atoms with Crippen LogP contribution in [-0.2, 0) is 19.1 Å². The Morgan fingerprint density at radius 1 is 1.19 bits per heavy atom. The minimum Gasteiger partial charge on any atom is -0.458 e. The molecule has 1 aliphatic heterocycles. The molecule has 8 atom stereocenters. The van der Waals surface area contributed by atoms with E-state index in [-0.39, 0.29) is 36.2 Å². The monoisotopic (exact) mass is 504 g/mol. The number of allylic oxidation sites excluding steroid dienone is 4. The fourth-order valence-electron chi connectivity index (χ4n) is 4.22. The van der Waals surface area contributed by atoms with E-state index in [1.165, 1.54) is 6.92 Å². The van der Waals surface area contributed by atoms with Crippen molar-refractivity contribution >= 4 is 11.9 Å². The molecule has 0 aliphatic carbocycles. The van der Waals surface area contributed by atoms with Gasteiger partial charge in [0.25, 0.3) is 0 Å². The number of aliphatic hydroxyl groups excluding tert-OH is 2. The first kappa shape index (κ1) is 31.8. The van der Waals surface area contributed by atoms with Gasteiger partial charge in [-0.3, -0.25) is 9.59 Å². The van der Waals surface area contributed by atoms with Gasteiger partial charge in [0.1, 0.15) is 12.2 Å². The van der Waals surface area contributed by atoms with Crippen molar-refractivity contribution < 1.29 is 29.3 Å². The summed E-state index contributed by atoms with van der Waals surface area (Å²) in [7, 11) is 0. The zero-order valence-corrected chi connectivity index (χ0v) is 23.2. The van der Waals surface area contributed by atoms with Crippen molar-refractivity contribution in [1.82, 2.24) is 0 Å². The number of carbonyl (C=O) groups excluding carboxylic acids is 2. The van der Waals surface area contributed by atoms with Crippen LogP contribution in [0.25, 0.3) is 0 Å². The molecule has 0 fully saturated rings. The zero-order chi connectivity index (χ0) is 27.3. The molecule has 0 bridgehead atoms. The molecule has 36 heavy (non-hydrogen) atoms. The minimum atomic E-state index is -0.795. The van der Waals surface area contributed by atoms with Crippen molar-refractivity contribution in [3.8, 4) is 0 Å². The van der Waals surface area contributed by atoms with E-state index in [0.717, 1.165) is 18.4 Å². The van der Waals surface area contributed by atoms with Gasteiger partial charge in [0, 0.05) is 12.8 Å². The fraction of sp³-hybridized carbons (Fsp3) is 0.667. The lowest BCUT2D eigenvalue weighted by molar-refractivity contribution is -0.151. The van der Waals surface area contributed by atoms with Gasteiger partial charge < -0.3 is 19.7 Å². The van der Waals surface area contributed by atoms with Crippen LogP contribution in [0.4, 0.5) is 0 Å². The lowest BCUT2D eigenvalue weighted by Gasteiger charge is -2.27. The molecular weight excluding hydrogens is 456 g/mol. The van der Waals surface area contributed by atoms with Crippen LogP contribution in [0.3, 0.4) is 0 Å². The Labute approximate surface area is 218 Å². The molecule has 0 aromatic heterocycles. The van der Waals surface area contributed by atoms with Gasteiger partial charge in [-0.2, -0.15) is 0 Å². The molecule has 204 valence electrons. The standard InChI is InChI=1S/C30H48O6/c1-8-27(33)21(3)13-9-11-20(2)12-10-14-23(5)30-24(6)16-18-28(35-25(7)31)22(4)15-17-26(32)19-29(34)36-30/h9-10,12-14,16,18,20-22,24,26-28,30,32-33H,8,11,15,17,19H2,1-7H3/b12-10+,13-9+,18-16+,23-14+. The molecule has 8 unspecified atom stereocenters. The first-order valence-electron chi connectivity index (χ1n) is 13.4. The second-order valence-electron chi connectivity index (χ2n) is 10.4. The Balaban J connectivity index is 2.98. The maximum atomic E-state index is 12.5. The third-order valence-corrected chi connectivity index (χ3v) is 6.78. The molecular formula is C30H48O6. The molecule has 0 saturated carbocycles. The molecule has 1 rings (SSSR count). The lowest BCUT2D eigenvalue weighted by Crippen LogP contribution is -2.30. The van der Waals surface area contributed by atoms with E-state index in [1.54, 1.807) is 0 Å². The van der Waals surface area contributed by atoms with E-state index in [9.17, 15) is 19.8 Å². The average molecular weight is 505 g/mol. The highest BCUT2D eigenvalue weighted by Gasteiger charge is 2.26. The quantitative estimate of drug-likeness (QED) is 0.238. The second kappa shape index (κ2) is 16.5. The molecule has 2 N–H and O–H groups in total. The summed E-state index contributed by atoms with van der Waals surface area (Å²) in [4.78, 5) is 24.1. The fourth-order valence-corrected chi connectivity index (χ4v) is 4.22. The predicted molar refractivity (Wildman–Crippen MR) is 144 cm³/mol. The molecule has 0 aromatic carbocycles. The number of hydrogen-bond acceptors (Lipinski definition) is 6. The second-order valence-corrected chi connectivity index (χ2v) is 10.4. The molecule has 6 nitrogen and oxygen atoms in total. The van der Waals surface area contributed by atoms with E-state index in [0.29, 0.717) is 18.8 Å². The third-order valence-electron chi connectivity index (χ3n) is 6.78. The maximum Gasteiger partial charge on any atom is 0.309 e. The molecule has 0 aromatic rings. The van der Waals surface area contributed by atoms with Gasteiger partial charge >= 0.3 is 11.9 Å². The molecule has 0 amide bonds. The smallest absolute Gasteiger partial charge is 0.309 e. The number of esters is 2. The third kappa shape index (κ3) is 12.2. The van der Waals surface area contributed by atoms with Gasteiger partial charge in [0.2, 0.25) is 0 Å². The summed E-state index contributed by atoms with van der Waals surface area (Å²) >= 11 is 0. The highest BCUT2D eigenvalue weighted by Crippen LogP contribution is 2.24. The number of cyclic esters (lactones) is 1. The Morgan fingerprint density at radius 3 is 2.53 bits per heavy atom. The zero-order valence-electron chi connectivity index (χ0n) is 23.2. The van der Waals surface area contributed by atoms with Crippen molar-refractivity contribution in [1.29, 1.82) is 0 Å². The van der Waals surface area contributed by atoms with E-state index < -0.39 is 24.3 Å². The van der Waals surface area contributed by atoms with Crippen molar-refractivity contribution in [3.63, 3.8) is 0 Å². The number of rotatable bonds is 9. The molecule has 0 spiro atoms. The van der Waals surface area contributed by atoms with Gasteiger partial charge in [0.15, 0.2) is 0 Å². The van der Waals surface area contributed by atoms with Crippen LogP contribution in [-0.4, -0.2) is 46.6 Å². The highest BCUT2D eigenvalue weighted by molar-refractivity contribution is 5.70. The van der Waals surface area contributed by atoms with Crippen molar-refractivity contribution in [2.75, 3.05) is 0 Å². The van der Waals surface area contributed by atoms with Gasteiger partial charge in [-0.25, -0.2) is 0 Å². The van der Waals surface area contributed by atoms with Gasteiger partial charge in [-0.1, -0.05) is 71.1 Å². The number of carbonyl (C=O) groups is 2. The summed E-state index contributed by atoms with van der Waals surface area (Å²) in [5.74, 6) is -0.442. The van der Waals surface area contributed by atoms with Crippen LogP contribution < -0.4 is 0 Å². The first-order valence-corrected chi connectivity index (χ1v) is 13.4. The maximum absolute atomic E-state index is 12.5. The first-order chi connectivity index (χ1) is 16.9. The Kier molecular flexibility index (Phi) is 14.6. The van der Waals surface area contributed by atoms with Gasteiger partial charge in [0.05, 0.1) is 18.6 Å². The predicted octanol–water partition coefficient (Wildman–Crippen LogP) is 5.70. The topological polar surface area (TPSA) is 93.1 Å². The van der Waals surface area contributed by atoms with E-state index >= 15 is 0 Å². The van der Waals surface area contributed by atoms with E-state index in [4.69, 9.17) is 9.47 Å². The molecule has 6 heteroatoms. The summed E-state index contributed by atoms with van der Waals surface area (Å²) < 4.78 is 11.3. The van der Waals surface area contributed by atoms with Crippen LogP contribution in [0, 0.1) is 23.7 Å². The van der Waals surface area contributed by atoms with Crippen LogP contribution in [0.1, 0.15) is 80.6 Å².